The Labute approximate surface area is 189 Å². The second-order valence-corrected chi connectivity index (χ2v) is 10.6. The first-order valence-electron chi connectivity index (χ1n) is 10.2. The molecule has 32 heavy (non-hydrogen) atoms. The second-order valence-electron chi connectivity index (χ2n) is 8.51. The molecule has 1 aliphatic rings. The molecule has 0 aliphatic carbocycles. The lowest BCUT2D eigenvalue weighted by Gasteiger charge is -2.38. The predicted octanol–water partition coefficient (Wildman–Crippen LogP) is 3.05. The van der Waals surface area contributed by atoms with Crippen LogP contribution in [0.3, 0.4) is 0 Å². The Bertz CT molecular complexity index is 1110. The Balaban J connectivity index is 1.76. The van der Waals surface area contributed by atoms with Gasteiger partial charge in [0.15, 0.2) is 11.5 Å². The van der Waals surface area contributed by atoms with Crippen LogP contribution < -0.4 is 19.5 Å². The van der Waals surface area contributed by atoms with Gasteiger partial charge in [-0.25, -0.2) is 8.42 Å². The number of carbonyl (C=O) groups is 1. The number of carbonyl (C=O) groups excluding carboxylic acids is 1. The minimum atomic E-state index is -3.91. The number of nitrogens with zero attached hydrogens (tertiary/aromatic N) is 1. The molecule has 3 rings (SSSR count). The average Bonchev–Trinajstić information content (AvgIpc) is 2.71. The van der Waals surface area contributed by atoms with Crippen molar-refractivity contribution in [1.29, 1.82) is 0 Å². The number of nitrogens with one attached hydrogen (secondary N) is 1. The van der Waals surface area contributed by atoms with Crippen LogP contribution in [0.2, 0.25) is 0 Å². The molecule has 0 unspecified atom stereocenters. The van der Waals surface area contributed by atoms with Gasteiger partial charge in [-0.1, -0.05) is 12.1 Å². The maximum absolute atomic E-state index is 13.0. The van der Waals surface area contributed by atoms with Crippen molar-refractivity contribution in [1.82, 2.24) is 9.62 Å². The van der Waals surface area contributed by atoms with Gasteiger partial charge in [-0.3, -0.25) is 4.79 Å². The molecular weight excluding hydrogens is 432 g/mol. The van der Waals surface area contributed by atoms with E-state index < -0.39 is 21.5 Å². The van der Waals surface area contributed by atoms with Crippen molar-refractivity contribution in [2.75, 3.05) is 27.8 Å². The minimum Gasteiger partial charge on any atom is -0.493 e. The average molecular weight is 463 g/mol. The van der Waals surface area contributed by atoms with Crippen molar-refractivity contribution in [2.45, 2.75) is 43.7 Å². The maximum Gasteiger partial charge on any atom is 0.243 e. The van der Waals surface area contributed by atoms with Crippen LogP contribution in [-0.2, 0) is 14.8 Å². The van der Waals surface area contributed by atoms with Crippen molar-refractivity contribution in [3.63, 3.8) is 0 Å². The van der Waals surface area contributed by atoms with Crippen LogP contribution in [0.4, 0.5) is 0 Å². The predicted molar refractivity (Wildman–Crippen MR) is 121 cm³/mol. The molecule has 1 aliphatic heterocycles. The van der Waals surface area contributed by atoms with Crippen LogP contribution in [0.1, 0.15) is 37.4 Å². The number of benzene rings is 2. The highest BCUT2D eigenvalue weighted by atomic mass is 32.2. The van der Waals surface area contributed by atoms with E-state index in [2.05, 4.69) is 5.32 Å². The minimum absolute atomic E-state index is 0.0125. The first-order valence-corrected chi connectivity index (χ1v) is 11.7. The second kappa shape index (κ2) is 8.99. The van der Waals surface area contributed by atoms with E-state index in [1.165, 1.54) is 39.5 Å². The molecule has 0 fully saturated rings. The van der Waals surface area contributed by atoms with E-state index >= 15 is 0 Å². The van der Waals surface area contributed by atoms with Gasteiger partial charge in [0.1, 0.15) is 11.4 Å². The lowest BCUT2D eigenvalue weighted by molar-refractivity contribution is -0.122. The summed E-state index contributed by atoms with van der Waals surface area (Å²) in [6.07, 6.45) is 0.570. The third-order valence-electron chi connectivity index (χ3n) is 5.39. The third-order valence-corrected chi connectivity index (χ3v) is 7.19. The highest BCUT2D eigenvalue weighted by Crippen LogP contribution is 2.40. The summed E-state index contributed by atoms with van der Waals surface area (Å²) in [6, 6.07) is 9.89. The third kappa shape index (κ3) is 4.99. The highest BCUT2D eigenvalue weighted by molar-refractivity contribution is 7.89. The summed E-state index contributed by atoms with van der Waals surface area (Å²) in [5, 5.41) is 2.98. The molecule has 0 radical (unpaired) electrons. The number of fused-ring (bicyclic) bond motifs is 1. The first kappa shape index (κ1) is 23.9. The molecule has 1 atom stereocenters. The Morgan fingerprint density at radius 2 is 1.84 bits per heavy atom. The summed E-state index contributed by atoms with van der Waals surface area (Å²) in [6.45, 7) is 5.58. The molecule has 9 heteroatoms. The summed E-state index contributed by atoms with van der Waals surface area (Å²) >= 11 is 0. The Morgan fingerprint density at radius 1 is 1.16 bits per heavy atom. The van der Waals surface area contributed by atoms with Gasteiger partial charge >= 0.3 is 0 Å². The van der Waals surface area contributed by atoms with E-state index in [0.717, 1.165) is 21.2 Å². The molecule has 1 N–H and O–H groups in total. The highest BCUT2D eigenvalue weighted by Gasteiger charge is 2.35. The monoisotopic (exact) mass is 462 g/mol. The van der Waals surface area contributed by atoms with Crippen molar-refractivity contribution in [3.8, 4) is 17.2 Å². The van der Waals surface area contributed by atoms with Crippen LogP contribution in [-0.4, -0.2) is 52.0 Å². The topological polar surface area (TPSA) is 94.2 Å². The molecule has 0 bridgehead atoms. The number of rotatable bonds is 7. The lowest BCUT2D eigenvalue weighted by atomic mass is 9.89. The van der Waals surface area contributed by atoms with E-state index in [0.29, 0.717) is 17.9 Å². The summed E-state index contributed by atoms with van der Waals surface area (Å²) < 4.78 is 43.4. The summed E-state index contributed by atoms with van der Waals surface area (Å²) in [5.74, 6) is 1.05. The Hall–Kier alpha value is -2.78. The van der Waals surface area contributed by atoms with E-state index in [-0.39, 0.29) is 17.5 Å². The normalized spacial score (nSPS) is 17.3. The molecule has 0 aromatic heterocycles. The molecule has 0 saturated carbocycles. The quantitative estimate of drug-likeness (QED) is 0.680. The molecular formula is C23H30N2O6S. The molecule has 2 aromatic rings. The van der Waals surface area contributed by atoms with Crippen LogP contribution in [0.25, 0.3) is 0 Å². The molecule has 1 amide bonds. The largest absolute Gasteiger partial charge is 0.493 e. The Morgan fingerprint density at radius 3 is 2.50 bits per heavy atom. The van der Waals surface area contributed by atoms with E-state index in [9.17, 15) is 13.2 Å². The van der Waals surface area contributed by atoms with Crippen LogP contribution in [0, 0.1) is 6.92 Å². The molecule has 1 heterocycles. The zero-order valence-corrected chi connectivity index (χ0v) is 20.1. The number of ether oxygens (including phenoxy) is 3. The van der Waals surface area contributed by atoms with Gasteiger partial charge in [0.25, 0.3) is 0 Å². The number of aryl methyl sites for hydroxylation is 1. The zero-order chi connectivity index (χ0) is 23.7. The van der Waals surface area contributed by atoms with E-state index in [4.69, 9.17) is 14.2 Å². The Kier molecular flexibility index (Phi) is 6.71. The van der Waals surface area contributed by atoms with Gasteiger partial charge in [-0.2, -0.15) is 4.31 Å². The first-order chi connectivity index (χ1) is 15.0. The summed E-state index contributed by atoms with van der Waals surface area (Å²) in [5.41, 5.74) is 1.48. The molecule has 8 nitrogen and oxygen atoms in total. The lowest BCUT2D eigenvalue weighted by Crippen LogP contribution is -2.44. The van der Waals surface area contributed by atoms with Crippen LogP contribution >= 0.6 is 0 Å². The fraction of sp³-hybridized carbons (Fsp3) is 0.435. The number of amides is 1. The smallest absolute Gasteiger partial charge is 0.243 e. The standard InChI is InChI=1S/C23H30N2O6S/c1-15-7-9-17-18(13-23(2,3)31-20(17)11-15)24-22(26)14-25(4)32(27,28)16-8-10-19(29-5)21(12-16)30-6/h7-12,18H,13-14H2,1-6H3,(H,24,26)/t18-/m0/s1. The van der Waals surface area contributed by atoms with Crippen molar-refractivity contribution < 1.29 is 27.4 Å². The van der Waals surface area contributed by atoms with Crippen molar-refractivity contribution >= 4 is 15.9 Å². The van der Waals surface area contributed by atoms with Gasteiger partial charge in [-0.15, -0.1) is 0 Å². The van der Waals surface area contributed by atoms with E-state index in [1.807, 2.05) is 39.0 Å². The maximum atomic E-state index is 13.0. The zero-order valence-electron chi connectivity index (χ0n) is 19.3. The van der Waals surface area contributed by atoms with Crippen molar-refractivity contribution in [3.05, 3.63) is 47.5 Å². The fourth-order valence-corrected chi connectivity index (χ4v) is 4.91. The SMILES string of the molecule is COc1ccc(S(=O)(=O)N(C)CC(=O)N[C@H]2CC(C)(C)Oc3cc(C)ccc32)cc1OC. The summed E-state index contributed by atoms with van der Waals surface area (Å²) in [7, 11) is 0.365. The molecule has 2 aromatic carbocycles. The fourth-order valence-electron chi connectivity index (χ4n) is 3.77. The number of sulfonamides is 1. The van der Waals surface area contributed by atoms with E-state index in [1.54, 1.807) is 0 Å². The number of methoxy groups -OCH3 is 2. The molecule has 0 spiro atoms. The number of hydrogen-bond donors (Lipinski definition) is 1. The summed E-state index contributed by atoms with van der Waals surface area (Å²) in [4.78, 5) is 12.8. The van der Waals surface area contributed by atoms with Gasteiger partial charge in [0, 0.05) is 25.1 Å². The number of hydrogen-bond acceptors (Lipinski definition) is 6. The molecule has 0 saturated heterocycles. The van der Waals surface area contributed by atoms with Crippen LogP contribution in [0.5, 0.6) is 17.2 Å². The van der Waals surface area contributed by atoms with Gasteiger partial charge in [0.05, 0.1) is 31.7 Å². The molecule has 174 valence electrons. The van der Waals surface area contributed by atoms with Gasteiger partial charge < -0.3 is 19.5 Å². The van der Waals surface area contributed by atoms with Gasteiger partial charge in [0.2, 0.25) is 15.9 Å². The van der Waals surface area contributed by atoms with Crippen molar-refractivity contribution in [2.24, 2.45) is 0 Å². The number of likely N-dealkylation sites (N-methyl/N-ethyl adjacent to an activating group) is 1. The van der Waals surface area contributed by atoms with Gasteiger partial charge in [-0.05, 0) is 44.5 Å². The van der Waals surface area contributed by atoms with Crippen LogP contribution in [0.15, 0.2) is 41.3 Å².